The van der Waals surface area contributed by atoms with E-state index in [1.54, 1.807) is 30.6 Å². The molecule has 3 rings (SSSR count). The van der Waals surface area contributed by atoms with Crippen LogP contribution in [0.2, 0.25) is 0 Å². The number of nitrogens with zero attached hydrogens (tertiary/aromatic N) is 3. The van der Waals surface area contributed by atoms with Gasteiger partial charge in [-0.25, -0.2) is 4.98 Å². The Balaban J connectivity index is 1.71. The number of benzene rings is 1. The molecule has 2 heterocycles. The second-order valence-electron chi connectivity index (χ2n) is 5.55. The Bertz CT molecular complexity index is 922. The van der Waals surface area contributed by atoms with Crippen molar-refractivity contribution in [1.29, 1.82) is 0 Å². The summed E-state index contributed by atoms with van der Waals surface area (Å²) in [5.41, 5.74) is 2.21. The van der Waals surface area contributed by atoms with E-state index in [2.05, 4.69) is 15.2 Å². The van der Waals surface area contributed by atoms with Gasteiger partial charge >= 0.3 is 0 Å². The zero-order valence-corrected chi connectivity index (χ0v) is 13.5. The maximum atomic E-state index is 11.9. The number of aromatic amines is 1. The van der Waals surface area contributed by atoms with E-state index in [1.165, 1.54) is 13.3 Å². The van der Waals surface area contributed by atoms with Crippen LogP contribution >= 0.6 is 0 Å². The molecule has 0 saturated carbocycles. The second-order valence-corrected chi connectivity index (χ2v) is 5.55. The highest BCUT2D eigenvalue weighted by Gasteiger charge is 2.10. The molecule has 2 aromatic heterocycles. The summed E-state index contributed by atoms with van der Waals surface area (Å²) in [6.45, 7) is 2.12. The fourth-order valence-electron chi connectivity index (χ4n) is 2.35. The third kappa shape index (κ3) is 3.89. The number of hydrogen-bond donors (Lipinski definition) is 2. The first-order valence-electron chi connectivity index (χ1n) is 7.59. The third-order valence-corrected chi connectivity index (χ3v) is 3.69. The van der Waals surface area contributed by atoms with Gasteiger partial charge in [0, 0.05) is 36.1 Å². The first kappa shape index (κ1) is 16.4. The van der Waals surface area contributed by atoms with Crippen LogP contribution in [-0.4, -0.2) is 36.4 Å². The Labute approximate surface area is 143 Å². The number of H-pyrrole nitrogens is 1. The summed E-state index contributed by atoms with van der Waals surface area (Å²) in [6, 6.07) is 9.06. The Kier molecular flexibility index (Phi) is 4.56. The van der Waals surface area contributed by atoms with Crippen LogP contribution in [0.5, 0.6) is 0 Å². The van der Waals surface area contributed by atoms with Gasteiger partial charge < -0.3 is 9.67 Å². The van der Waals surface area contributed by atoms with E-state index in [9.17, 15) is 14.7 Å². The van der Waals surface area contributed by atoms with Gasteiger partial charge in [-0.15, -0.1) is 0 Å². The van der Waals surface area contributed by atoms with Crippen LogP contribution in [0.1, 0.15) is 39.0 Å². The molecule has 2 N–H and O–H groups in total. The van der Waals surface area contributed by atoms with Crippen LogP contribution in [0.4, 0.5) is 0 Å². The van der Waals surface area contributed by atoms with Gasteiger partial charge in [0.15, 0.2) is 11.6 Å². The predicted octanol–water partition coefficient (Wildman–Crippen LogP) is 2.64. The van der Waals surface area contributed by atoms with Crippen molar-refractivity contribution in [3.63, 3.8) is 0 Å². The minimum absolute atomic E-state index is 0.0290. The smallest absolute Gasteiger partial charge is 0.226 e. The molecule has 0 amide bonds. The lowest BCUT2D eigenvalue weighted by Crippen LogP contribution is -1.99. The van der Waals surface area contributed by atoms with Crippen LogP contribution in [-0.2, 0) is 6.54 Å². The molecule has 0 fully saturated rings. The zero-order chi connectivity index (χ0) is 17.8. The van der Waals surface area contributed by atoms with Crippen LogP contribution < -0.4 is 0 Å². The maximum Gasteiger partial charge on any atom is 0.226 e. The molecule has 0 aliphatic carbocycles. The van der Waals surface area contributed by atoms with Crippen LogP contribution in [0, 0.1) is 0 Å². The molecule has 7 heteroatoms. The number of carbonyl (C=O) groups is 2. The Morgan fingerprint density at radius 3 is 2.60 bits per heavy atom. The topological polar surface area (TPSA) is 101 Å². The van der Waals surface area contributed by atoms with Gasteiger partial charge in [-0.3, -0.25) is 14.7 Å². The molecule has 0 saturated heterocycles. The molecule has 0 spiro atoms. The zero-order valence-electron chi connectivity index (χ0n) is 13.5. The monoisotopic (exact) mass is 336 g/mol. The number of ketones is 2. The third-order valence-electron chi connectivity index (χ3n) is 3.69. The Hall–Kier alpha value is -3.48. The first-order chi connectivity index (χ1) is 12.0. The van der Waals surface area contributed by atoms with Gasteiger partial charge in [0.05, 0.1) is 0 Å². The Morgan fingerprint density at radius 2 is 1.96 bits per heavy atom. The minimum atomic E-state index is -0.456. The van der Waals surface area contributed by atoms with Crippen molar-refractivity contribution in [2.24, 2.45) is 0 Å². The number of Topliss-reactive ketones (excluding diaryl/α,β-unsaturated/α-hetero) is 1. The molecular weight excluding hydrogens is 320 g/mol. The molecule has 0 bridgehead atoms. The van der Waals surface area contributed by atoms with E-state index < -0.39 is 5.78 Å². The number of nitrogens with one attached hydrogen (secondary N) is 1. The van der Waals surface area contributed by atoms with E-state index in [0.29, 0.717) is 17.7 Å². The number of aromatic nitrogens is 4. The van der Waals surface area contributed by atoms with E-state index >= 15 is 0 Å². The van der Waals surface area contributed by atoms with E-state index in [4.69, 9.17) is 0 Å². The SMILES string of the molecule is CC(=O)c1ccc(Cn2ccc(C(O)=CC(=O)c3ncn[nH]3)c2)cc1. The number of hydrogen-bond acceptors (Lipinski definition) is 5. The van der Waals surface area contributed by atoms with Crippen molar-refractivity contribution in [3.05, 3.63) is 77.6 Å². The average Bonchev–Trinajstić information content (AvgIpc) is 3.27. The summed E-state index contributed by atoms with van der Waals surface area (Å²) in [4.78, 5) is 26.9. The Morgan fingerprint density at radius 1 is 1.20 bits per heavy atom. The first-order valence-corrected chi connectivity index (χ1v) is 7.59. The van der Waals surface area contributed by atoms with Gasteiger partial charge in [-0.2, -0.15) is 5.10 Å². The predicted molar refractivity (Wildman–Crippen MR) is 91.3 cm³/mol. The van der Waals surface area contributed by atoms with E-state index in [0.717, 1.165) is 11.6 Å². The quantitative estimate of drug-likeness (QED) is 0.409. The molecular formula is C18H16N4O3. The van der Waals surface area contributed by atoms with Gasteiger partial charge in [-0.1, -0.05) is 24.3 Å². The fraction of sp³-hybridized carbons (Fsp3) is 0.111. The van der Waals surface area contributed by atoms with Crippen LogP contribution in [0.25, 0.3) is 5.76 Å². The summed E-state index contributed by atoms with van der Waals surface area (Å²) < 4.78 is 1.88. The lowest BCUT2D eigenvalue weighted by Gasteiger charge is -2.04. The van der Waals surface area contributed by atoms with Crippen molar-refractivity contribution in [3.8, 4) is 0 Å². The summed E-state index contributed by atoms with van der Waals surface area (Å²) in [6.07, 6.45) is 5.86. The maximum absolute atomic E-state index is 11.9. The highest BCUT2D eigenvalue weighted by molar-refractivity contribution is 6.05. The average molecular weight is 336 g/mol. The number of aliphatic hydroxyl groups excluding tert-OH is 1. The largest absolute Gasteiger partial charge is 0.507 e. The molecule has 0 aliphatic rings. The highest BCUT2D eigenvalue weighted by Crippen LogP contribution is 2.14. The van der Waals surface area contributed by atoms with Crippen molar-refractivity contribution < 1.29 is 14.7 Å². The number of allylic oxidation sites excluding steroid dienone is 1. The van der Waals surface area contributed by atoms with Crippen molar-refractivity contribution in [2.45, 2.75) is 13.5 Å². The highest BCUT2D eigenvalue weighted by atomic mass is 16.3. The van der Waals surface area contributed by atoms with Gasteiger partial charge in [0.1, 0.15) is 12.1 Å². The molecule has 0 atom stereocenters. The summed E-state index contributed by atoms with van der Waals surface area (Å²) in [7, 11) is 0. The summed E-state index contributed by atoms with van der Waals surface area (Å²) >= 11 is 0. The fourth-order valence-corrected chi connectivity index (χ4v) is 2.35. The number of rotatable bonds is 6. The molecule has 7 nitrogen and oxygen atoms in total. The van der Waals surface area contributed by atoms with E-state index in [-0.39, 0.29) is 17.4 Å². The number of aliphatic hydroxyl groups is 1. The van der Waals surface area contributed by atoms with Crippen LogP contribution in [0.3, 0.4) is 0 Å². The van der Waals surface area contributed by atoms with Crippen molar-refractivity contribution in [1.82, 2.24) is 19.7 Å². The number of carbonyl (C=O) groups excluding carboxylic acids is 2. The van der Waals surface area contributed by atoms with E-state index in [1.807, 2.05) is 16.7 Å². The van der Waals surface area contributed by atoms with Crippen LogP contribution in [0.15, 0.2) is 55.1 Å². The normalized spacial score (nSPS) is 11.5. The molecule has 1 aromatic carbocycles. The lowest BCUT2D eigenvalue weighted by molar-refractivity contribution is 0.101. The van der Waals surface area contributed by atoms with Crippen molar-refractivity contribution >= 4 is 17.3 Å². The van der Waals surface area contributed by atoms with Gasteiger partial charge in [0.25, 0.3) is 0 Å². The van der Waals surface area contributed by atoms with Gasteiger partial charge in [0.2, 0.25) is 5.78 Å². The second kappa shape index (κ2) is 6.96. The minimum Gasteiger partial charge on any atom is -0.507 e. The molecule has 0 unspecified atom stereocenters. The molecule has 3 aromatic rings. The lowest BCUT2D eigenvalue weighted by atomic mass is 10.1. The molecule has 25 heavy (non-hydrogen) atoms. The molecule has 0 aliphatic heterocycles. The molecule has 0 radical (unpaired) electrons. The standard InChI is InChI=1S/C18H16N4O3/c1-12(23)14-4-2-13(3-5-14)9-22-7-6-15(10-22)16(24)8-17(25)18-19-11-20-21-18/h2-8,10-11,24H,9H2,1H3,(H,19,20,21). The summed E-state index contributed by atoms with van der Waals surface area (Å²) in [5, 5.41) is 16.1. The van der Waals surface area contributed by atoms with Crippen molar-refractivity contribution in [2.75, 3.05) is 0 Å². The molecule has 126 valence electrons. The van der Waals surface area contributed by atoms with Gasteiger partial charge in [-0.05, 0) is 18.6 Å². The summed E-state index contributed by atoms with van der Waals surface area (Å²) in [5.74, 6) is -0.507.